The molecule has 9 aromatic rings. The number of carbonyl (C=O) groups excluding carboxylic acids is 1. The molecule has 0 saturated carbocycles. The SMILES string of the molecule is CCc1cccc(CC)c1CC(=O)c1ccc(-c2cnc3c(NCCC(F)(F)F)cc(Oc4cc(F)ccc4C)cn23)cc1C.Cc1ccc(F)cc1Oc1cc(NCCC(F)(F)F)c2ncc(-c3ccc(C(=O)O)c(C)c3)n2c1. The van der Waals surface area contributed by atoms with Gasteiger partial charge >= 0.3 is 18.3 Å². The van der Waals surface area contributed by atoms with E-state index in [4.69, 9.17) is 9.47 Å². The van der Waals surface area contributed by atoms with Crippen molar-refractivity contribution in [1.82, 2.24) is 18.8 Å². The summed E-state index contributed by atoms with van der Waals surface area (Å²) < 4.78 is 120. The summed E-state index contributed by atoms with van der Waals surface area (Å²) in [5, 5.41) is 14.9. The first-order chi connectivity index (χ1) is 38.0. The van der Waals surface area contributed by atoms with Crippen LogP contribution in [0.3, 0.4) is 0 Å². The average Bonchev–Trinajstić information content (AvgIpc) is 4.18. The second-order valence-electron chi connectivity index (χ2n) is 19.2. The second kappa shape index (κ2) is 24.1. The van der Waals surface area contributed by atoms with Crippen LogP contribution in [0.2, 0.25) is 0 Å². The van der Waals surface area contributed by atoms with E-state index in [-0.39, 0.29) is 47.4 Å². The van der Waals surface area contributed by atoms with Gasteiger partial charge < -0.3 is 25.2 Å². The minimum absolute atomic E-state index is 0.0325. The molecule has 11 nitrogen and oxygen atoms in total. The van der Waals surface area contributed by atoms with Gasteiger partial charge in [0.05, 0.1) is 66.0 Å². The molecule has 9 rings (SSSR count). The predicted molar refractivity (Wildman–Crippen MR) is 292 cm³/mol. The van der Waals surface area contributed by atoms with Gasteiger partial charge in [0.2, 0.25) is 0 Å². The van der Waals surface area contributed by atoms with Crippen LogP contribution < -0.4 is 20.1 Å². The van der Waals surface area contributed by atoms with Crippen molar-refractivity contribution in [3.8, 4) is 45.5 Å². The first-order valence-electron chi connectivity index (χ1n) is 25.6. The third-order valence-corrected chi connectivity index (χ3v) is 13.4. The van der Waals surface area contributed by atoms with E-state index >= 15 is 0 Å². The Kier molecular flexibility index (Phi) is 17.3. The van der Waals surface area contributed by atoms with Crippen LogP contribution in [0.25, 0.3) is 33.8 Å². The highest BCUT2D eigenvalue weighted by atomic mass is 19.4. The lowest BCUT2D eigenvalue weighted by atomic mass is 9.90. The quantitative estimate of drug-likeness (QED) is 0.0568. The number of carbonyl (C=O) groups is 2. The molecular weight excluding hydrogens is 1050 g/mol. The van der Waals surface area contributed by atoms with Crippen LogP contribution in [0.4, 0.5) is 46.5 Å². The molecule has 3 N–H and O–H groups in total. The number of Topliss-reactive ketones (excluding diaryl/α,β-unsaturated/α-hetero) is 1. The maximum atomic E-state index is 14.0. The molecule has 0 aliphatic carbocycles. The molecule has 4 heterocycles. The van der Waals surface area contributed by atoms with E-state index < -0.39 is 42.8 Å². The fourth-order valence-electron chi connectivity index (χ4n) is 9.25. The van der Waals surface area contributed by atoms with Crippen LogP contribution in [0, 0.1) is 39.3 Å². The number of ether oxygens (including phenoxy) is 2. The maximum Gasteiger partial charge on any atom is 0.390 e. The highest BCUT2D eigenvalue weighted by molar-refractivity contribution is 5.99. The molecule has 0 fully saturated rings. The Hall–Kier alpha value is -8.74. The molecule has 5 aromatic carbocycles. The van der Waals surface area contributed by atoms with Crippen molar-refractivity contribution in [2.45, 2.75) is 86.0 Å². The van der Waals surface area contributed by atoms with Crippen molar-refractivity contribution in [1.29, 1.82) is 0 Å². The van der Waals surface area contributed by atoms with Gasteiger partial charge in [0, 0.05) is 60.5 Å². The Morgan fingerprint density at radius 1 is 0.575 bits per heavy atom. The third-order valence-electron chi connectivity index (χ3n) is 13.4. The van der Waals surface area contributed by atoms with Crippen LogP contribution >= 0.6 is 0 Å². The van der Waals surface area contributed by atoms with E-state index in [0.29, 0.717) is 68.3 Å². The molecule has 0 radical (unpaired) electrons. The van der Waals surface area contributed by atoms with Crippen LogP contribution in [-0.4, -0.2) is 61.1 Å². The Bertz CT molecular complexity index is 3730. The first-order valence-corrected chi connectivity index (χ1v) is 25.6. The van der Waals surface area contributed by atoms with Crippen molar-refractivity contribution < 1.29 is 59.3 Å². The minimum atomic E-state index is -4.33. The van der Waals surface area contributed by atoms with E-state index in [1.54, 1.807) is 78.5 Å². The molecule has 19 heteroatoms. The number of hydrogen-bond donors (Lipinski definition) is 3. The number of nitrogens with one attached hydrogen (secondary N) is 2. The van der Waals surface area contributed by atoms with Gasteiger partial charge in [-0.05, 0) is 110 Å². The normalized spacial score (nSPS) is 11.6. The number of aryl methyl sites for hydroxylation is 6. The number of ketones is 1. The molecule has 0 aliphatic rings. The number of aromatic nitrogens is 4. The lowest BCUT2D eigenvalue weighted by Crippen LogP contribution is -2.15. The number of benzene rings is 5. The van der Waals surface area contributed by atoms with E-state index in [0.717, 1.165) is 29.5 Å². The number of pyridine rings is 2. The number of nitrogens with zero attached hydrogens (tertiary/aromatic N) is 4. The number of carboxylic acids is 1. The molecular formula is C61H56F8N6O5. The zero-order valence-electron chi connectivity index (χ0n) is 44.5. The number of anilines is 2. The number of alkyl halides is 6. The molecule has 0 saturated heterocycles. The summed E-state index contributed by atoms with van der Waals surface area (Å²) >= 11 is 0. The van der Waals surface area contributed by atoms with E-state index in [1.165, 1.54) is 53.7 Å². The zero-order valence-corrected chi connectivity index (χ0v) is 44.5. The fraction of sp³-hybridized carbons (Fsp3) is 0.246. The summed E-state index contributed by atoms with van der Waals surface area (Å²) in [5.74, 6) is -0.908. The smallest absolute Gasteiger partial charge is 0.390 e. The van der Waals surface area contributed by atoms with Crippen LogP contribution in [0.5, 0.6) is 23.0 Å². The highest BCUT2D eigenvalue weighted by Gasteiger charge is 2.28. The Morgan fingerprint density at radius 3 is 1.41 bits per heavy atom. The van der Waals surface area contributed by atoms with Gasteiger partial charge in [-0.1, -0.05) is 62.4 Å². The number of halogens is 8. The second-order valence-corrected chi connectivity index (χ2v) is 19.2. The van der Waals surface area contributed by atoms with Gasteiger partial charge in [-0.3, -0.25) is 13.6 Å². The zero-order chi connectivity index (χ0) is 57.6. The van der Waals surface area contributed by atoms with Crippen molar-refractivity contribution in [3.63, 3.8) is 0 Å². The molecule has 0 spiro atoms. The fourth-order valence-corrected chi connectivity index (χ4v) is 9.25. The Labute approximate surface area is 455 Å². The van der Waals surface area contributed by atoms with Crippen molar-refractivity contribution >= 4 is 34.4 Å². The van der Waals surface area contributed by atoms with Crippen molar-refractivity contribution in [2.24, 2.45) is 0 Å². The van der Waals surface area contributed by atoms with Gasteiger partial charge in [-0.25, -0.2) is 23.5 Å². The lowest BCUT2D eigenvalue weighted by Gasteiger charge is -2.15. The van der Waals surface area contributed by atoms with Crippen molar-refractivity contribution in [2.75, 3.05) is 23.7 Å². The van der Waals surface area contributed by atoms with Crippen LogP contribution in [0.15, 0.2) is 128 Å². The van der Waals surface area contributed by atoms with E-state index in [2.05, 4.69) is 46.6 Å². The van der Waals surface area contributed by atoms with Crippen LogP contribution in [-0.2, 0) is 19.3 Å². The standard InChI is InChI=1S/C36H35F4N3O2.C25H21F4N3O3/c1-5-24-8-7-9-25(6-2)30(24)19-33(44)29-13-11-26(16-23(29)4)32-20-42-35-31(41-15-14-36(38,39)40)18-28(21-43(32)35)45-34-17-27(37)12-10-22(34)3;1-14-3-5-17(26)10-22(14)35-18-11-20(30-8-7-25(27,28)29)23-31-12-21(32(23)13-18)16-4-6-19(24(33)34)15(2)9-16/h7-13,16-18,20-21,41H,5-6,14-15,19H2,1-4H3;3-6,9-13,30H,7-8H2,1-2H3,(H,33,34). The minimum Gasteiger partial charge on any atom is -0.478 e. The lowest BCUT2D eigenvalue weighted by molar-refractivity contribution is -0.132. The number of carboxylic acid groups (broad SMARTS) is 1. The molecule has 0 atom stereocenters. The van der Waals surface area contributed by atoms with Gasteiger partial charge in [-0.15, -0.1) is 0 Å². The number of imidazole rings is 2. The van der Waals surface area contributed by atoms with E-state index in [1.807, 2.05) is 31.2 Å². The highest BCUT2D eigenvalue weighted by Crippen LogP contribution is 2.36. The average molecular weight is 1110 g/mol. The maximum absolute atomic E-state index is 14.0. The molecule has 416 valence electrons. The summed E-state index contributed by atoms with van der Waals surface area (Å²) in [6.45, 7) is 10.5. The number of aromatic carboxylic acids is 1. The third kappa shape index (κ3) is 13.7. The molecule has 4 aromatic heterocycles. The molecule has 0 bridgehead atoms. The molecule has 0 aliphatic heterocycles. The molecule has 80 heavy (non-hydrogen) atoms. The summed E-state index contributed by atoms with van der Waals surface area (Å²) in [5.41, 5.74) is 10.9. The summed E-state index contributed by atoms with van der Waals surface area (Å²) in [6, 6.07) is 27.8. The monoisotopic (exact) mass is 1100 g/mol. The summed E-state index contributed by atoms with van der Waals surface area (Å²) in [4.78, 5) is 33.8. The topological polar surface area (TPSA) is 131 Å². The summed E-state index contributed by atoms with van der Waals surface area (Å²) in [6.07, 6.45) is -2.30. The predicted octanol–water partition coefficient (Wildman–Crippen LogP) is 16.1. The Morgan fingerprint density at radius 2 is 1.01 bits per heavy atom. The Balaban J connectivity index is 0.000000217. The first kappa shape index (κ1) is 57.4. The van der Waals surface area contributed by atoms with Crippen molar-refractivity contribution in [3.05, 3.63) is 190 Å². The van der Waals surface area contributed by atoms with Gasteiger partial charge in [0.15, 0.2) is 17.1 Å². The number of fused-ring (bicyclic) bond motifs is 2. The van der Waals surface area contributed by atoms with Gasteiger partial charge in [0.25, 0.3) is 0 Å². The van der Waals surface area contributed by atoms with Crippen LogP contribution in [0.1, 0.15) is 86.3 Å². The number of hydrogen-bond acceptors (Lipinski definition) is 8. The molecule has 0 amide bonds. The van der Waals surface area contributed by atoms with Gasteiger partial charge in [0.1, 0.15) is 34.6 Å². The van der Waals surface area contributed by atoms with E-state index in [9.17, 15) is 49.8 Å². The summed E-state index contributed by atoms with van der Waals surface area (Å²) in [7, 11) is 0. The molecule has 0 unspecified atom stereocenters. The largest absolute Gasteiger partial charge is 0.478 e. The number of rotatable bonds is 18. The van der Waals surface area contributed by atoms with Gasteiger partial charge in [-0.2, -0.15) is 26.3 Å².